The number of nitrogens with zero attached hydrogens (tertiary/aromatic N) is 2. The molecule has 29 heavy (non-hydrogen) atoms. The van der Waals surface area contributed by atoms with Crippen LogP contribution in [0, 0.1) is 5.82 Å². The lowest BCUT2D eigenvalue weighted by molar-refractivity contribution is 0.102. The molecule has 0 saturated carbocycles. The predicted octanol–water partition coefficient (Wildman–Crippen LogP) is 4.94. The van der Waals surface area contributed by atoms with Crippen molar-refractivity contribution < 1.29 is 13.9 Å². The number of carbonyl (C=O) groups is 1. The highest BCUT2D eigenvalue weighted by Crippen LogP contribution is 2.25. The van der Waals surface area contributed by atoms with Crippen LogP contribution in [-0.4, -0.2) is 22.8 Å². The smallest absolute Gasteiger partial charge is 0.259 e. The second-order valence-corrected chi connectivity index (χ2v) is 6.36. The summed E-state index contributed by atoms with van der Waals surface area (Å²) in [4.78, 5) is 13.0. The highest BCUT2D eigenvalue weighted by molar-refractivity contribution is 6.08. The number of benzene rings is 3. The number of hydrogen-bond donors (Lipinski definition) is 1. The summed E-state index contributed by atoms with van der Waals surface area (Å²) in [5, 5.41) is 7.46. The molecule has 0 unspecified atom stereocenters. The standard InChI is InChI=1S/C23H18FN3O2/c1-29-20-13-11-18(12-14-20)25-23(28)21-15-27(19-5-3-2-4-6-19)26-22(21)16-7-9-17(24)10-8-16/h2-15H,1H3,(H,25,28). The molecule has 0 aliphatic heterocycles. The first-order valence-corrected chi connectivity index (χ1v) is 9.00. The third kappa shape index (κ3) is 4.01. The SMILES string of the molecule is COc1ccc(NC(=O)c2cn(-c3ccccc3)nc2-c2ccc(F)cc2)cc1. The van der Waals surface area contributed by atoms with E-state index >= 15 is 0 Å². The van der Waals surface area contributed by atoms with Gasteiger partial charge >= 0.3 is 0 Å². The summed E-state index contributed by atoms with van der Waals surface area (Å²) >= 11 is 0. The number of anilines is 1. The van der Waals surface area contributed by atoms with Crippen molar-refractivity contribution in [3.63, 3.8) is 0 Å². The third-order valence-corrected chi connectivity index (χ3v) is 4.45. The second kappa shape index (κ2) is 7.98. The van der Waals surface area contributed by atoms with Crippen LogP contribution in [0.15, 0.2) is 85.1 Å². The van der Waals surface area contributed by atoms with Crippen molar-refractivity contribution >= 4 is 11.6 Å². The molecule has 3 aromatic carbocycles. The number of hydrogen-bond acceptors (Lipinski definition) is 3. The van der Waals surface area contributed by atoms with Gasteiger partial charge < -0.3 is 10.1 Å². The van der Waals surface area contributed by atoms with Gasteiger partial charge in [-0.1, -0.05) is 18.2 Å². The predicted molar refractivity (Wildman–Crippen MR) is 110 cm³/mol. The van der Waals surface area contributed by atoms with Gasteiger partial charge in [0.15, 0.2) is 0 Å². The first-order chi connectivity index (χ1) is 14.1. The zero-order valence-corrected chi connectivity index (χ0v) is 15.7. The quantitative estimate of drug-likeness (QED) is 0.528. The molecule has 4 rings (SSSR count). The van der Waals surface area contributed by atoms with Crippen LogP contribution in [0.5, 0.6) is 5.75 Å². The number of amides is 1. The largest absolute Gasteiger partial charge is 0.497 e. The van der Waals surface area contributed by atoms with Gasteiger partial charge in [0.1, 0.15) is 17.3 Å². The molecule has 6 heteroatoms. The van der Waals surface area contributed by atoms with E-state index in [9.17, 15) is 9.18 Å². The molecule has 1 heterocycles. The van der Waals surface area contributed by atoms with E-state index in [1.165, 1.54) is 12.1 Å². The zero-order chi connectivity index (χ0) is 20.2. The minimum absolute atomic E-state index is 0.309. The Morgan fingerprint density at radius 2 is 1.66 bits per heavy atom. The van der Waals surface area contributed by atoms with Crippen LogP contribution in [0.3, 0.4) is 0 Å². The van der Waals surface area contributed by atoms with Crippen molar-refractivity contribution in [2.24, 2.45) is 0 Å². The Morgan fingerprint density at radius 3 is 2.31 bits per heavy atom. The van der Waals surface area contributed by atoms with Crippen molar-refractivity contribution in [3.8, 4) is 22.7 Å². The first kappa shape index (κ1) is 18.4. The van der Waals surface area contributed by atoms with E-state index in [0.717, 1.165) is 5.69 Å². The number of para-hydroxylation sites is 1. The summed E-state index contributed by atoms with van der Waals surface area (Å²) in [6.07, 6.45) is 1.67. The van der Waals surface area contributed by atoms with Crippen molar-refractivity contribution in [1.29, 1.82) is 0 Å². The van der Waals surface area contributed by atoms with E-state index in [4.69, 9.17) is 4.74 Å². The van der Waals surface area contributed by atoms with Gasteiger partial charge in [0.25, 0.3) is 5.91 Å². The van der Waals surface area contributed by atoms with E-state index in [-0.39, 0.29) is 11.7 Å². The van der Waals surface area contributed by atoms with Gasteiger partial charge in [-0.2, -0.15) is 5.10 Å². The summed E-state index contributed by atoms with van der Waals surface area (Å²) in [5.41, 5.74) is 2.96. The Morgan fingerprint density at radius 1 is 0.966 bits per heavy atom. The molecule has 144 valence electrons. The van der Waals surface area contributed by atoms with Crippen LogP contribution >= 0.6 is 0 Å². The minimum atomic E-state index is -0.347. The van der Waals surface area contributed by atoms with Crippen molar-refractivity contribution in [3.05, 3.63) is 96.4 Å². The minimum Gasteiger partial charge on any atom is -0.497 e. The van der Waals surface area contributed by atoms with Crippen LogP contribution in [0.25, 0.3) is 16.9 Å². The molecule has 0 aliphatic carbocycles. The van der Waals surface area contributed by atoms with Crippen LogP contribution < -0.4 is 10.1 Å². The van der Waals surface area contributed by atoms with E-state index in [1.807, 2.05) is 30.3 Å². The fourth-order valence-electron chi connectivity index (χ4n) is 2.95. The van der Waals surface area contributed by atoms with E-state index in [1.54, 1.807) is 54.4 Å². The Balaban J connectivity index is 1.72. The average molecular weight is 387 g/mol. The van der Waals surface area contributed by atoms with Gasteiger partial charge in [-0.3, -0.25) is 4.79 Å². The van der Waals surface area contributed by atoms with Gasteiger partial charge in [-0.05, 0) is 60.7 Å². The number of aromatic nitrogens is 2. The van der Waals surface area contributed by atoms with Crippen LogP contribution in [0.1, 0.15) is 10.4 Å². The maximum atomic E-state index is 13.4. The van der Waals surface area contributed by atoms with Gasteiger partial charge in [0.2, 0.25) is 0 Å². The topological polar surface area (TPSA) is 56.1 Å². The average Bonchev–Trinajstić information content (AvgIpc) is 3.21. The molecule has 0 spiro atoms. The van der Waals surface area contributed by atoms with Gasteiger partial charge in [-0.15, -0.1) is 0 Å². The summed E-state index contributed by atoms with van der Waals surface area (Å²) in [6.45, 7) is 0. The lowest BCUT2D eigenvalue weighted by Crippen LogP contribution is -2.12. The Bertz CT molecular complexity index is 1120. The van der Waals surface area contributed by atoms with Crippen LogP contribution in [-0.2, 0) is 0 Å². The second-order valence-electron chi connectivity index (χ2n) is 6.36. The van der Waals surface area contributed by atoms with Gasteiger partial charge in [-0.25, -0.2) is 9.07 Å². The van der Waals surface area contributed by atoms with Crippen LogP contribution in [0.2, 0.25) is 0 Å². The Labute approximate surface area is 167 Å². The fraction of sp³-hybridized carbons (Fsp3) is 0.0435. The van der Waals surface area contributed by atoms with E-state index in [2.05, 4.69) is 10.4 Å². The highest BCUT2D eigenvalue weighted by atomic mass is 19.1. The fourth-order valence-corrected chi connectivity index (χ4v) is 2.95. The maximum absolute atomic E-state index is 13.4. The van der Waals surface area contributed by atoms with Crippen molar-refractivity contribution in [1.82, 2.24) is 9.78 Å². The molecular weight excluding hydrogens is 369 g/mol. The molecule has 1 aromatic heterocycles. The highest BCUT2D eigenvalue weighted by Gasteiger charge is 2.19. The number of rotatable bonds is 5. The first-order valence-electron chi connectivity index (χ1n) is 9.00. The van der Waals surface area contributed by atoms with Crippen molar-refractivity contribution in [2.45, 2.75) is 0 Å². The molecule has 0 radical (unpaired) electrons. The number of ether oxygens (including phenoxy) is 1. The van der Waals surface area contributed by atoms with E-state index in [0.29, 0.717) is 28.3 Å². The Hall–Kier alpha value is -3.93. The lowest BCUT2D eigenvalue weighted by Gasteiger charge is -2.06. The molecule has 0 fully saturated rings. The van der Waals surface area contributed by atoms with Gasteiger partial charge in [0, 0.05) is 17.4 Å². The number of nitrogens with one attached hydrogen (secondary N) is 1. The molecule has 1 amide bonds. The third-order valence-electron chi connectivity index (χ3n) is 4.45. The molecule has 4 aromatic rings. The molecule has 0 bridgehead atoms. The van der Waals surface area contributed by atoms with Gasteiger partial charge in [0.05, 0.1) is 18.4 Å². The molecule has 0 aliphatic rings. The Kier molecular flexibility index (Phi) is 5.07. The number of methoxy groups -OCH3 is 1. The molecule has 1 N–H and O–H groups in total. The maximum Gasteiger partial charge on any atom is 0.259 e. The molecule has 0 atom stereocenters. The molecule has 0 saturated heterocycles. The van der Waals surface area contributed by atoms with E-state index < -0.39 is 0 Å². The summed E-state index contributed by atoms with van der Waals surface area (Å²) in [6, 6.07) is 22.5. The number of halogens is 1. The lowest BCUT2D eigenvalue weighted by atomic mass is 10.1. The number of carbonyl (C=O) groups excluding carboxylic acids is 1. The normalized spacial score (nSPS) is 10.6. The van der Waals surface area contributed by atoms with Crippen LogP contribution in [0.4, 0.5) is 10.1 Å². The molecular formula is C23H18FN3O2. The summed E-state index contributed by atoms with van der Waals surface area (Å²) in [5.74, 6) is 0.0454. The monoisotopic (exact) mass is 387 g/mol. The molecule has 5 nitrogen and oxygen atoms in total. The summed E-state index contributed by atoms with van der Waals surface area (Å²) < 4.78 is 20.1. The zero-order valence-electron chi connectivity index (χ0n) is 15.7. The van der Waals surface area contributed by atoms with Crippen molar-refractivity contribution in [2.75, 3.05) is 12.4 Å². The summed E-state index contributed by atoms with van der Waals surface area (Å²) in [7, 11) is 1.58.